The van der Waals surface area contributed by atoms with Crippen molar-refractivity contribution < 1.29 is 44.0 Å². The van der Waals surface area contributed by atoms with Crippen molar-refractivity contribution in [1.29, 1.82) is 0 Å². The number of nitrogens with zero attached hydrogens (tertiary/aromatic N) is 3. The zero-order valence-corrected chi connectivity index (χ0v) is 18.9. The van der Waals surface area contributed by atoms with Crippen molar-refractivity contribution in [2.24, 2.45) is 0 Å². The van der Waals surface area contributed by atoms with Gasteiger partial charge in [0.2, 0.25) is 0 Å². The lowest BCUT2D eigenvalue weighted by Gasteiger charge is -2.40. The van der Waals surface area contributed by atoms with Gasteiger partial charge >= 0.3 is 15.2 Å². The van der Waals surface area contributed by atoms with E-state index in [1.54, 1.807) is 17.0 Å². The van der Waals surface area contributed by atoms with E-state index in [0.717, 1.165) is 0 Å². The summed E-state index contributed by atoms with van der Waals surface area (Å²) >= 11 is 0. The van der Waals surface area contributed by atoms with E-state index >= 15 is 0 Å². The molecule has 0 atom stereocenters. The van der Waals surface area contributed by atoms with E-state index in [1.807, 2.05) is 0 Å². The Labute approximate surface area is 184 Å². The van der Waals surface area contributed by atoms with Gasteiger partial charge in [-0.3, -0.25) is 24.0 Å². The molecule has 0 unspecified atom stereocenters. The molecule has 0 aliphatic carbocycles. The zero-order chi connectivity index (χ0) is 24.0. The van der Waals surface area contributed by atoms with Crippen LogP contribution < -0.4 is 0 Å². The Morgan fingerprint density at radius 1 is 0.719 bits per heavy atom. The second kappa shape index (κ2) is 11.0. The third kappa shape index (κ3) is 8.09. The van der Waals surface area contributed by atoms with E-state index in [0.29, 0.717) is 22.5 Å². The molecule has 0 fully saturated rings. The molecule has 2 aromatic rings. The van der Waals surface area contributed by atoms with E-state index < -0.39 is 52.9 Å². The number of aromatic nitrogens is 2. The first-order valence-electron chi connectivity index (χ1n) is 9.44. The van der Waals surface area contributed by atoms with Crippen molar-refractivity contribution in [1.82, 2.24) is 14.9 Å². The zero-order valence-electron chi connectivity index (χ0n) is 17.1. The Morgan fingerprint density at radius 3 is 1.34 bits per heavy atom. The minimum absolute atomic E-state index is 0.0593. The smallest absolute Gasteiger partial charge is 0.329 e. The number of aliphatic hydroxyl groups excluding tert-OH is 3. The molecule has 0 saturated heterocycles. The Morgan fingerprint density at radius 2 is 1.09 bits per heavy atom. The van der Waals surface area contributed by atoms with Crippen LogP contribution in [0.15, 0.2) is 36.7 Å². The fourth-order valence-corrected chi connectivity index (χ4v) is 4.32. The first-order valence-corrected chi connectivity index (χ1v) is 13.0. The summed E-state index contributed by atoms with van der Waals surface area (Å²) in [5, 5.41) is 29.6. The topological polar surface area (TPSA) is 205 Å². The van der Waals surface area contributed by atoms with Gasteiger partial charge in [-0.2, -0.15) is 0 Å². The summed E-state index contributed by atoms with van der Waals surface area (Å²) in [7, 11) is -8.48. The highest BCUT2D eigenvalue weighted by molar-refractivity contribution is 7.51. The fourth-order valence-electron chi connectivity index (χ4n) is 2.99. The molecule has 12 nitrogen and oxygen atoms in total. The highest BCUT2D eigenvalue weighted by atomic mass is 31.2. The highest BCUT2D eigenvalue weighted by Crippen LogP contribution is 2.39. The summed E-state index contributed by atoms with van der Waals surface area (Å²) in [6.07, 6.45) is 1.73. The van der Waals surface area contributed by atoms with Crippen LogP contribution in [0.3, 0.4) is 0 Å². The van der Waals surface area contributed by atoms with Gasteiger partial charge < -0.3 is 34.9 Å². The molecule has 32 heavy (non-hydrogen) atoms. The first kappa shape index (κ1) is 26.7. The molecule has 0 aromatic carbocycles. The second-order valence-corrected chi connectivity index (χ2v) is 10.8. The third-order valence-corrected chi connectivity index (χ3v) is 6.36. The molecule has 0 radical (unpaired) electrons. The molecule has 14 heteroatoms. The maximum Gasteiger partial charge on any atom is 0.329 e. The number of pyridine rings is 2. The van der Waals surface area contributed by atoms with Gasteiger partial charge in [-0.25, -0.2) is 0 Å². The standard InChI is InChI=1S/C18H27N3O9P2/c22-11-18(12-23,13-24)21(7-16-3-1-14(5-19-16)9-31(25,26)27)8-17-4-2-15(6-20-17)10-32(28,29)30/h1-6,22-24H,7-13H2,(H2,25,26,27)(H2,28,29,30). The Balaban J connectivity index is 2.25. The number of aliphatic hydroxyl groups is 3. The van der Waals surface area contributed by atoms with Crippen molar-refractivity contribution in [2.45, 2.75) is 31.0 Å². The summed E-state index contributed by atoms with van der Waals surface area (Å²) < 4.78 is 22.3. The molecule has 2 heterocycles. The van der Waals surface area contributed by atoms with Gasteiger partial charge in [0.05, 0.1) is 49.1 Å². The lowest BCUT2D eigenvalue weighted by molar-refractivity contribution is -0.0579. The van der Waals surface area contributed by atoms with Crippen LogP contribution in [0.2, 0.25) is 0 Å². The molecular weight excluding hydrogens is 464 g/mol. The molecule has 0 spiro atoms. The number of hydrogen-bond donors (Lipinski definition) is 7. The van der Waals surface area contributed by atoms with Crippen molar-refractivity contribution in [3.63, 3.8) is 0 Å². The van der Waals surface area contributed by atoms with Gasteiger partial charge in [-0.15, -0.1) is 0 Å². The van der Waals surface area contributed by atoms with Crippen LogP contribution in [0, 0.1) is 0 Å². The maximum absolute atomic E-state index is 11.1. The molecule has 2 rings (SSSR count). The van der Waals surface area contributed by atoms with Crippen LogP contribution in [0.25, 0.3) is 0 Å². The summed E-state index contributed by atoms with van der Waals surface area (Å²) in [4.78, 5) is 46.2. The molecule has 0 aliphatic rings. The second-order valence-electron chi connectivity index (χ2n) is 7.52. The van der Waals surface area contributed by atoms with Crippen molar-refractivity contribution in [3.05, 3.63) is 59.2 Å². The van der Waals surface area contributed by atoms with Gasteiger partial charge in [0.1, 0.15) is 0 Å². The number of hydrogen-bond acceptors (Lipinski definition) is 8. The SMILES string of the molecule is O=P(O)(O)Cc1ccc(CN(Cc2ccc(CP(=O)(O)O)cn2)C(CO)(CO)CO)nc1. The Bertz CT molecular complexity index is 879. The van der Waals surface area contributed by atoms with Gasteiger partial charge in [-0.05, 0) is 23.3 Å². The summed E-state index contributed by atoms with van der Waals surface area (Å²) in [5.74, 6) is 0. The van der Waals surface area contributed by atoms with Crippen molar-refractivity contribution >= 4 is 15.2 Å². The molecule has 0 saturated carbocycles. The average Bonchev–Trinajstić information content (AvgIpc) is 2.70. The van der Waals surface area contributed by atoms with Crippen LogP contribution in [-0.2, 0) is 34.5 Å². The first-order chi connectivity index (χ1) is 14.9. The Kier molecular flexibility index (Phi) is 9.21. The van der Waals surface area contributed by atoms with Gasteiger partial charge in [0, 0.05) is 25.5 Å². The average molecular weight is 491 g/mol. The fraction of sp³-hybridized carbons (Fsp3) is 0.444. The molecule has 178 valence electrons. The van der Waals surface area contributed by atoms with E-state index in [9.17, 15) is 24.4 Å². The molecule has 0 bridgehead atoms. The maximum atomic E-state index is 11.1. The number of rotatable bonds is 12. The predicted octanol–water partition coefficient (Wildman–Crippen LogP) is -0.450. The van der Waals surface area contributed by atoms with Gasteiger partial charge in [0.25, 0.3) is 0 Å². The van der Waals surface area contributed by atoms with E-state index in [4.69, 9.17) is 19.6 Å². The molecule has 0 aliphatic heterocycles. The van der Waals surface area contributed by atoms with Crippen LogP contribution >= 0.6 is 15.2 Å². The Hall–Kier alpha value is -1.56. The van der Waals surface area contributed by atoms with Gasteiger partial charge in [-0.1, -0.05) is 12.1 Å². The minimum atomic E-state index is -4.24. The summed E-state index contributed by atoms with van der Waals surface area (Å²) in [6, 6.07) is 6.11. The van der Waals surface area contributed by atoms with Crippen molar-refractivity contribution in [2.75, 3.05) is 19.8 Å². The van der Waals surface area contributed by atoms with E-state index in [1.165, 1.54) is 24.5 Å². The molecule has 2 aromatic heterocycles. The third-order valence-electron chi connectivity index (χ3n) is 4.81. The quantitative estimate of drug-likeness (QED) is 0.189. The monoisotopic (exact) mass is 491 g/mol. The minimum Gasteiger partial charge on any atom is -0.394 e. The van der Waals surface area contributed by atoms with Crippen molar-refractivity contribution in [3.8, 4) is 0 Å². The summed E-state index contributed by atoms with van der Waals surface area (Å²) in [5.41, 5.74) is 0.176. The molecular formula is C18H27N3O9P2. The van der Waals surface area contributed by atoms with Gasteiger partial charge in [0.15, 0.2) is 0 Å². The van der Waals surface area contributed by atoms with Crippen LogP contribution in [-0.4, -0.2) is 75.1 Å². The van der Waals surface area contributed by atoms with Crippen LogP contribution in [0.4, 0.5) is 0 Å². The molecule has 0 amide bonds. The van der Waals surface area contributed by atoms with E-state index in [2.05, 4.69) is 9.97 Å². The lowest BCUT2D eigenvalue weighted by Crippen LogP contribution is -2.56. The predicted molar refractivity (Wildman–Crippen MR) is 113 cm³/mol. The molecule has 7 N–H and O–H groups in total. The normalized spacial score (nSPS) is 13.0. The van der Waals surface area contributed by atoms with E-state index in [-0.39, 0.29) is 13.1 Å². The van der Waals surface area contributed by atoms with Crippen LogP contribution in [0.1, 0.15) is 22.5 Å². The summed E-state index contributed by atoms with van der Waals surface area (Å²) in [6.45, 7) is -1.61. The highest BCUT2D eigenvalue weighted by Gasteiger charge is 2.36. The largest absolute Gasteiger partial charge is 0.394 e. The lowest BCUT2D eigenvalue weighted by atomic mass is 9.99. The van der Waals surface area contributed by atoms with Crippen LogP contribution in [0.5, 0.6) is 0 Å².